The summed E-state index contributed by atoms with van der Waals surface area (Å²) >= 11 is 0. The molecule has 5 heteroatoms. The number of rotatable bonds is 1. The number of nitrogens with two attached hydrogens (primary N) is 1. The molecule has 3 N–H and O–H groups in total. The van der Waals surface area contributed by atoms with E-state index >= 15 is 0 Å². The molecule has 1 aliphatic rings. The second kappa shape index (κ2) is 6.70. The maximum atomic E-state index is 10.5. The Morgan fingerprint density at radius 1 is 1.36 bits per heavy atom. The van der Waals surface area contributed by atoms with Crippen molar-refractivity contribution >= 4 is 30.7 Å². The maximum Gasteiger partial charge on any atom is 0.234 e. The summed E-state index contributed by atoms with van der Waals surface area (Å²) in [6.07, 6.45) is 3.21. The second-order valence-electron chi connectivity index (χ2n) is 2.40. The van der Waals surface area contributed by atoms with Gasteiger partial charge in [0.15, 0.2) is 0 Å². The Morgan fingerprint density at radius 2 is 2.00 bits per heavy atom. The molecule has 1 fully saturated rings. The van der Waals surface area contributed by atoms with Crippen LogP contribution >= 0.6 is 24.8 Å². The molecule has 68 valence electrons. The molecule has 0 saturated carbocycles. The first-order valence-corrected chi connectivity index (χ1v) is 3.33. The lowest BCUT2D eigenvalue weighted by Gasteiger charge is -2.19. The molecule has 0 aromatic carbocycles. The van der Waals surface area contributed by atoms with Crippen LogP contribution in [0.25, 0.3) is 0 Å². The van der Waals surface area contributed by atoms with E-state index in [9.17, 15) is 4.79 Å². The molecule has 1 amide bonds. The van der Waals surface area contributed by atoms with Crippen LogP contribution < -0.4 is 11.1 Å². The number of primary amides is 1. The molecule has 0 aromatic heterocycles. The second-order valence-corrected chi connectivity index (χ2v) is 2.40. The minimum atomic E-state index is -0.213. The monoisotopic (exact) mass is 200 g/mol. The average molecular weight is 201 g/mol. The molecule has 0 bridgehead atoms. The van der Waals surface area contributed by atoms with E-state index in [0.717, 1.165) is 19.4 Å². The van der Waals surface area contributed by atoms with Crippen molar-refractivity contribution in [2.45, 2.75) is 25.3 Å². The molecular formula is C6H14Cl2N2O. The van der Waals surface area contributed by atoms with Crippen molar-refractivity contribution in [2.75, 3.05) is 6.54 Å². The molecule has 1 aliphatic heterocycles. The molecule has 1 saturated heterocycles. The van der Waals surface area contributed by atoms with Gasteiger partial charge in [0.1, 0.15) is 0 Å². The largest absolute Gasteiger partial charge is 0.368 e. The number of nitrogens with one attached hydrogen (secondary N) is 1. The first-order chi connectivity index (χ1) is 4.30. The highest BCUT2D eigenvalue weighted by molar-refractivity contribution is 5.85. The molecule has 3 nitrogen and oxygen atoms in total. The number of carbonyl (C=O) groups excluding carboxylic acids is 1. The van der Waals surface area contributed by atoms with Crippen LogP contribution in [-0.4, -0.2) is 18.5 Å². The summed E-state index contributed by atoms with van der Waals surface area (Å²) in [5, 5.41) is 3.04. The third-order valence-corrected chi connectivity index (χ3v) is 1.65. The molecule has 1 unspecified atom stereocenters. The summed E-state index contributed by atoms with van der Waals surface area (Å²) in [5.74, 6) is -0.213. The highest BCUT2D eigenvalue weighted by Crippen LogP contribution is 2.05. The van der Waals surface area contributed by atoms with Crippen LogP contribution in [-0.2, 0) is 4.79 Å². The lowest BCUT2D eigenvalue weighted by Crippen LogP contribution is -2.44. The zero-order valence-electron chi connectivity index (χ0n) is 6.21. The normalized spacial score (nSPS) is 22.7. The van der Waals surface area contributed by atoms with Gasteiger partial charge >= 0.3 is 0 Å². The maximum absolute atomic E-state index is 10.5. The van der Waals surface area contributed by atoms with Crippen LogP contribution in [0.1, 0.15) is 19.3 Å². The van der Waals surface area contributed by atoms with E-state index < -0.39 is 0 Å². The Hall–Kier alpha value is 0.01000. The van der Waals surface area contributed by atoms with Crippen molar-refractivity contribution in [1.82, 2.24) is 5.32 Å². The third kappa shape index (κ3) is 4.45. The predicted molar refractivity (Wildman–Crippen MR) is 49.3 cm³/mol. The number of carbonyl (C=O) groups is 1. The molecule has 0 aromatic rings. The minimum Gasteiger partial charge on any atom is -0.368 e. The first kappa shape index (κ1) is 13.6. The van der Waals surface area contributed by atoms with E-state index in [4.69, 9.17) is 5.73 Å². The lowest BCUT2D eigenvalue weighted by atomic mass is 10.1. The topological polar surface area (TPSA) is 55.1 Å². The Labute approximate surface area is 78.9 Å². The summed E-state index contributed by atoms with van der Waals surface area (Å²) in [5.41, 5.74) is 5.07. The van der Waals surface area contributed by atoms with E-state index in [2.05, 4.69) is 5.32 Å². The fraction of sp³-hybridized carbons (Fsp3) is 0.833. The molecule has 0 spiro atoms. The standard InChI is InChI=1S/C6H12N2O.2ClH/c7-6(9)5-3-1-2-4-8-5;;/h5,8H,1-4H2,(H2,7,9);2*1H. The number of halogens is 2. The summed E-state index contributed by atoms with van der Waals surface area (Å²) < 4.78 is 0. The molecule has 1 heterocycles. The van der Waals surface area contributed by atoms with Crippen molar-refractivity contribution < 1.29 is 4.79 Å². The van der Waals surface area contributed by atoms with Crippen LogP contribution in [0.3, 0.4) is 0 Å². The Morgan fingerprint density at radius 3 is 2.27 bits per heavy atom. The van der Waals surface area contributed by atoms with Gasteiger partial charge in [0.2, 0.25) is 5.91 Å². The lowest BCUT2D eigenvalue weighted by molar-refractivity contribution is -0.120. The number of hydrogen-bond acceptors (Lipinski definition) is 2. The molecule has 0 radical (unpaired) electrons. The van der Waals surface area contributed by atoms with Gasteiger partial charge in [-0.05, 0) is 19.4 Å². The van der Waals surface area contributed by atoms with E-state index in [1.165, 1.54) is 6.42 Å². The van der Waals surface area contributed by atoms with Gasteiger partial charge in [-0.25, -0.2) is 0 Å². The summed E-state index contributed by atoms with van der Waals surface area (Å²) in [6.45, 7) is 0.938. The van der Waals surface area contributed by atoms with Crippen LogP contribution in [0.2, 0.25) is 0 Å². The van der Waals surface area contributed by atoms with E-state index in [1.807, 2.05) is 0 Å². The van der Waals surface area contributed by atoms with E-state index in [0.29, 0.717) is 0 Å². The van der Waals surface area contributed by atoms with Gasteiger partial charge in [-0.15, -0.1) is 24.8 Å². The predicted octanol–water partition coefficient (Wildman–Crippen LogP) is 0.457. The van der Waals surface area contributed by atoms with Gasteiger partial charge in [0.05, 0.1) is 6.04 Å². The molecule has 1 rings (SSSR count). The van der Waals surface area contributed by atoms with Gasteiger partial charge in [0, 0.05) is 0 Å². The summed E-state index contributed by atoms with van der Waals surface area (Å²) in [7, 11) is 0. The Balaban J connectivity index is 0. The average Bonchev–Trinajstić information content (AvgIpc) is 1.90. The summed E-state index contributed by atoms with van der Waals surface area (Å²) in [4.78, 5) is 10.5. The molecule has 0 aliphatic carbocycles. The molecular weight excluding hydrogens is 187 g/mol. The van der Waals surface area contributed by atoms with Gasteiger partial charge in [-0.2, -0.15) is 0 Å². The highest BCUT2D eigenvalue weighted by Gasteiger charge is 2.16. The van der Waals surface area contributed by atoms with Crippen molar-refractivity contribution in [2.24, 2.45) is 5.73 Å². The van der Waals surface area contributed by atoms with Crippen LogP contribution in [0.15, 0.2) is 0 Å². The molecule has 1 atom stereocenters. The van der Waals surface area contributed by atoms with Crippen molar-refractivity contribution in [3.63, 3.8) is 0 Å². The third-order valence-electron chi connectivity index (χ3n) is 1.65. The van der Waals surface area contributed by atoms with Gasteiger partial charge in [-0.3, -0.25) is 4.79 Å². The Bertz CT molecular complexity index is 115. The Kier molecular flexibility index (Phi) is 8.28. The first-order valence-electron chi connectivity index (χ1n) is 3.33. The number of hydrogen-bond donors (Lipinski definition) is 2. The quantitative estimate of drug-likeness (QED) is 0.647. The van der Waals surface area contributed by atoms with Gasteiger partial charge in [-0.1, -0.05) is 6.42 Å². The van der Waals surface area contributed by atoms with Crippen LogP contribution in [0.4, 0.5) is 0 Å². The van der Waals surface area contributed by atoms with Crippen LogP contribution in [0.5, 0.6) is 0 Å². The smallest absolute Gasteiger partial charge is 0.234 e. The molecule has 11 heavy (non-hydrogen) atoms. The number of piperidine rings is 1. The zero-order chi connectivity index (χ0) is 6.69. The summed E-state index contributed by atoms with van der Waals surface area (Å²) in [6, 6.07) is -0.0567. The highest BCUT2D eigenvalue weighted by atomic mass is 35.5. The van der Waals surface area contributed by atoms with Crippen molar-refractivity contribution in [3.05, 3.63) is 0 Å². The van der Waals surface area contributed by atoms with Crippen molar-refractivity contribution in [1.29, 1.82) is 0 Å². The fourth-order valence-electron chi connectivity index (χ4n) is 1.09. The van der Waals surface area contributed by atoms with Crippen molar-refractivity contribution in [3.8, 4) is 0 Å². The fourth-order valence-corrected chi connectivity index (χ4v) is 1.09. The minimum absolute atomic E-state index is 0. The van der Waals surface area contributed by atoms with Gasteiger partial charge < -0.3 is 11.1 Å². The van der Waals surface area contributed by atoms with Gasteiger partial charge in [0.25, 0.3) is 0 Å². The van der Waals surface area contributed by atoms with E-state index in [1.54, 1.807) is 0 Å². The zero-order valence-corrected chi connectivity index (χ0v) is 7.84. The van der Waals surface area contributed by atoms with E-state index in [-0.39, 0.29) is 36.8 Å². The SMILES string of the molecule is Cl.Cl.NC(=O)C1CCCCN1. The number of amides is 1. The van der Waals surface area contributed by atoms with Crippen LogP contribution in [0, 0.1) is 0 Å².